The summed E-state index contributed by atoms with van der Waals surface area (Å²) in [7, 11) is 1.56. The van der Waals surface area contributed by atoms with Gasteiger partial charge in [-0.3, -0.25) is 9.36 Å². The number of nitrogens with zero attached hydrogens (tertiary/aromatic N) is 2. The van der Waals surface area contributed by atoms with Gasteiger partial charge in [-0.25, -0.2) is 9.79 Å². The maximum absolute atomic E-state index is 14.1. The summed E-state index contributed by atoms with van der Waals surface area (Å²) in [6.45, 7) is 6.31. The summed E-state index contributed by atoms with van der Waals surface area (Å²) in [5, 5.41) is 0.655. The molecule has 8 nitrogen and oxygen atoms in total. The summed E-state index contributed by atoms with van der Waals surface area (Å²) in [6, 6.07) is 19.6. The molecule has 10 heteroatoms. The van der Waals surface area contributed by atoms with Crippen LogP contribution in [0.4, 0.5) is 0 Å². The largest absolute Gasteiger partial charge is 0.493 e. The standard InChI is InChI=1S/C33H31ClN2O6S/c1-5-40-27-17-23(13-16-26(27)39-4)30-29(32(38)41-6-2)20(3)35-33-36(30)31(37)28(43-33)18-22-9-7-8-10-25(22)42-19-21-11-14-24(34)15-12-21/h7-18,30H,5-6,19H2,1-4H3/b28-18+/t30-/m0/s1. The highest BCUT2D eigenvalue weighted by atomic mass is 35.5. The molecule has 1 aliphatic heterocycles. The van der Waals surface area contributed by atoms with E-state index in [4.69, 9.17) is 30.5 Å². The van der Waals surface area contributed by atoms with Gasteiger partial charge in [0.05, 0.1) is 42.2 Å². The molecule has 0 radical (unpaired) electrons. The highest BCUT2D eigenvalue weighted by molar-refractivity contribution is 7.07. The topological polar surface area (TPSA) is 88.4 Å². The zero-order chi connectivity index (χ0) is 30.5. The first-order valence-electron chi connectivity index (χ1n) is 13.8. The second-order valence-electron chi connectivity index (χ2n) is 9.60. The van der Waals surface area contributed by atoms with Crippen LogP contribution in [0.25, 0.3) is 6.08 Å². The van der Waals surface area contributed by atoms with Crippen LogP contribution in [0.15, 0.2) is 87.8 Å². The summed E-state index contributed by atoms with van der Waals surface area (Å²) in [5.74, 6) is 1.15. The number of esters is 1. The third kappa shape index (κ3) is 6.38. The maximum atomic E-state index is 14.1. The summed E-state index contributed by atoms with van der Waals surface area (Å²) < 4.78 is 24.8. The number of hydrogen-bond acceptors (Lipinski definition) is 8. The van der Waals surface area contributed by atoms with Gasteiger partial charge in [-0.2, -0.15) is 0 Å². The number of rotatable bonds is 10. The van der Waals surface area contributed by atoms with Crippen molar-refractivity contribution in [3.05, 3.63) is 119 Å². The quantitative estimate of drug-likeness (QED) is 0.220. The lowest BCUT2D eigenvalue weighted by Crippen LogP contribution is -2.40. The van der Waals surface area contributed by atoms with Crippen LogP contribution >= 0.6 is 22.9 Å². The van der Waals surface area contributed by atoms with Crippen LogP contribution in [-0.4, -0.2) is 30.9 Å². The molecule has 0 saturated heterocycles. The lowest BCUT2D eigenvalue weighted by molar-refractivity contribution is -0.139. The molecule has 0 fully saturated rings. The number of carbonyl (C=O) groups is 1. The lowest BCUT2D eigenvalue weighted by atomic mass is 9.95. The number of allylic oxidation sites excluding steroid dienone is 1. The Hall–Kier alpha value is -4.34. The fourth-order valence-electron chi connectivity index (χ4n) is 4.85. The van der Waals surface area contributed by atoms with Gasteiger partial charge in [-0.15, -0.1) is 0 Å². The molecule has 0 amide bonds. The van der Waals surface area contributed by atoms with E-state index < -0.39 is 12.0 Å². The maximum Gasteiger partial charge on any atom is 0.338 e. The van der Waals surface area contributed by atoms with Gasteiger partial charge >= 0.3 is 5.97 Å². The van der Waals surface area contributed by atoms with Crippen LogP contribution in [0.2, 0.25) is 5.02 Å². The third-order valence-electron chi connectivity index (χ3n) is 6.83. The second-order valence-corrected chi connectivity index (χ2v) is 11.0. The van der Waals surface area contributed by atoms with E-state index >= 15 is 0 Å². The third-order valence-corrected chi connectivity index (χ3v) is 8.07. The molecule has 222 valence electrons. The van der Waals surface area contributed by atoms with Gasteiger partial charge in [0.2, 0.25) is 0 Å². The van der Waals surface area contributed by atoms with Gasteiger partial charge in [0, 0.05) is 10.6 Å². The van der Waals surface area contributed by atoms with Gasteiger partial charge in [0.1, 0.15) is 12.4 Å². The van der Waals surface area contributed by atoms with E-state index in [0.29, 0.717) is 61.7 Å². The summed E-state index contributed by atoms with van der Waals surface area (Å²) >= 11 is 7.26. The van der Waals surface area contributed by atoms with Gasteiger partial charge in [0.25, 0.3) is 5.56 Å². The summed E-state index contributed by atoms with van der Waals surface area (Å²) in [6.07, 6.45) is 1.79. The smallest absolute Gasteiger partial charge is 0.338 e. The molecule has 1 aliphatic rings. The van der Waals surface area contributed by atoms with Crippen LogP contribution in [-0.2, 0) is 16.1 Å². The molecule has 0 spiro atoms. The number of carbonyl (C=O) groups excluding carboxylic acids is 1. The van der Waals surface area contributed by atoms with Crippen molar-refractivity contribution in [2.45, 2.75) is 33.4 Å². The number of fused-ring (bicyclic) bond motifs is 1. The highest BCUT2D eigenvalue weighted by Gasteiger charge is 2.34. The van der Waals surface area contributed by atoms with Crippen molar-refractivity contribution in [2.75, 3.05) is 20.3 Å². The van der Waals surface area contributed by atoms with Gasteiger partial charge < -0.3 is 18.9 Å². The molecular weight excluding hydrogens is 588 g/mol. The number of thiazole rings is 1. The van der Waals surface area contributed by atoms with Crippen molar-refractivity contribution < 1.29 is 23.7 Å². The fourth-order valence-corrected chi connectivity index (χ4v) is 6.02. The van der Waals surface area contributed by atoms with E-state index in [1.165, 1.54) is 11.3 Å². The minimum Gasteiger partial charge on any atom is -0.493 e. The lowest BCUT2D eigenvalue weighted by Gasteiger charge is -2.25. The molecule has 43 heavy (non-hydrogen) atoms. The number of para-hydroxylation sites is 1. The first kappa shape index (κ1) is 30.1. The molecule has 0 unspecified atom stereocenters. The van der Waals surface area contributed by atoms with Crippen molar-refractivity contribution in [3.8, 4) is 17.2 Å². The summed E-state index contributed by atoms with van der Waals surface area (Å²) in [5.41, 5.74) is 2.86. The Morgan fingerprint density at radius 1 is 1.00 bits per heavy atom. The molecule has 1 atom stereocenters. The van der Waals surface area contributed by atoms with Gasteiger partial charge in [-0.1, -0.05) is 59.3 Å². The SMILES string of the molecule is CCOC(=O)C1=C(C)N=c2s/c(=C/c3ccccc3OCc3ccc(Cl)cc3)c(=O)n2[C@H]1c1ccc(OC)c(OCC)c1. The predicted octanol–water partition coefficient (Wildman–Crippen LogP) is 5.44. The first-order valence-corrected chi connectivity index (χ1v) is 15.0. The monoisotopic (exact) mass is 618 g/mol. The first-order chi connectivity index (χ1) is 20.8. The van der Waals surface area contributed by atoms with Crippen LogP contribution in [0.1, 0.15) is 43.5 Å². The number of hydrogen-bond donors (Lipinski definition) is 0. The highest BCUT2D eigenvalue weighted by Crippen LogP contribution is 2.36. The number of ether oxygens (including phenoxy) is 4. The minimum absolute atomic E-state index is 0.187. The van der Waals surface area contributed by atoms with E-state index in [1.54, 1.807) is 43.7 Å². The van der Waals surface area contributed by atoms with Crippen LogP contribution in [0.5, 0.6) is 17.2 Å². The van der Waals surface area contributed by atoms with Crippen molar-refractivity contribution >= 4 is 35.0 Å². The number of halogens is 1. The average Bonchev–Trinajstić information content (AvgIpc) is 3.30. The Morgan fingerprint density at radius 3 is 2.49 bits per heavy atom. The predicted molar refractivity (Wildman–Crippen MR) is 167 cm³/mol. The number of benzene rings is 3. The Kier molecular flexibility index (Phi) is 9.33. The molecule has 3 aromatic carbocycles. The Morgan fingerprint density at radius 2 is 1.77 bits per heavy atom. The minimum atomic E-state index is -0.779. The molecule has 5 rings (SSSR count). The number of methoxy groups -OCH3 is 1. The zero-order valence-corrected chi connectivity index (χ0v) is 25.8. The average molecular weight is 619 g/mol. The van der Waals surface area contributed by atoms with Crippen molar-refractivity contribution in [3.63, 3.8) is 0 Å². The number of aromatic nitrogens is 1. The Balaban J connectivity index is 1.62. The van der Waals surface area contributed by atoms with E-state index in [-0.39, 0.29) is 12.2 Å². The Bertz CT molecular complexity index is 1860. The van der Waals surface area contributed by atoms with Crippen molar-refractivity contribution in [1.82, 2.24) is 4.57 Å². The van der Waals surface area contributed by atoms with Gasteiger partial charge in [-0.05, 0) is 68.3 Å². The molecule has 0 saturated carbocycles. The normalized spacial score (nSPS) is 14.6. The van der Waals surface area contributed by atoms with E-state index in [1.807, 2.05) is 61.5 Å². The van der Waals surface area contributed by atoms with E-state index in [9.17, 15) is 9.59 Å². The molecule has 0 N–H and O–H groups in total. The van der Waals surface area contributed by atoms with E-state index in [0.717, 1.165) is 11.1 Å². The van der Waals surface area contributed by atoms with Crippen LogP contribution in [0.3, 0.4) is 0 Å². The van der Waals surface area contributed by atoms with Crippen LogP contribution < -0.4 is 29.1 Å². The van der Waals surface area contributed by atoms with E-state index in [2.05, 4.69) is 4.99 Å². The molecule has 4 aromatic rings. The molecule has 2 heterocycles. The van der Waals surface area contributed by atoms with Crippen molar-refractivity contribution in [2.24, 2.45) is 4.99 Å². The zero-order valence-electron chi connectivity index (χ0n) is 24.3. The molecule has 0 aliphatic carbocycles. The van der Waals surface area contributed by atoms with Crippen LogP contribution in [0, 0.1) is 0 Å². The van der Waals surface area contributed by atoms with Crippen molar-refractivity contribution in [1.29, 1.82) is 0 Å². The molecule has 0 bridgehead atoms. The van der Waals surface area contributed by atoms with Gasteiger partial charge in [0.15, 0.2) is 16.3 Å². The summed E-state index contributed by atoms with van der Waals surface area (Å²) in [4.78, 5) is 32.5. The Labute approximate surface area is 258 Å². The molecule has 1 aromatic heterocycles. The molecular formula is C33H31ClN2O6S. The second kappa shape index (κ2) is 13.3. The fraction of sp³-hybridized carbons (Fsp3) is 0.242.